The number of pyridine rings is 1. The number of halogens is 2. The van der Waals surface area contributed by atoms with E-state index in [0.717, 1.165) is 54.7 Å². The molecule has 2 rings (SSSR count). The molecule has 0 saturated carbocycles. The molecule has 27 heavy (non-hydrogen) atoms. The molecule has 0 amide bonds. The first-order chi connectivity index (χ1) is 12.5. The number of unbranched alkanes of at least 4 members (excludes halogenated alkanes) is 1. The maximum absolute atomic E-state index is 11.9. The van der Waals surface area contributed by atoms with E-state index in [-0.39, 0.29) is 29.5 Å². The van der Waals surface area contributed by atoms with Gasteiger partial charge in [0.1, 0.15) is 0 Å². The molecule has 0 aliphatic carbocycles. The Morgan fingerprint density at radius 1 is 1.22 bits per heavy atom. The Hall–Kier alpha value is -1.54. The minimum Gasteiger partial charge on any atom is -0.356 e. The molecule has 0 fully saturated rings. The number of nitrogens with zero attached hydrogens (tertiary/aromatic N) is 3. The lowest BCUT2D eigenvalue weighted by molar-refractivity contribution is 0.472. The molecule has 0 radical (unpaired) electrons. The molecule has 0 aliphatic heterocycles. The predicted molar refractivity (Wildman–Crippen MR) is 124 cm³/mol. The molecular weight excluding hydrogens is 475 g/mol. The number of guanidine groups is 1. The lowest BCUT2D eigenvalue weighted by Gasteiger charge is -2.22. The SMILES string of the molecule is CN=C(NCCCCn1c(C)cccc1=O)N(C)Cc1cccc(Cl)c1.I. The number of rotatable bonds is 7. The third-order valence-corrected chi connectivity index (χ3v) is 4.48. The van der Waals surface area contributed by atoms with Crippen LogP contribution in [0, 0.1) is 6.92 Å². The monoisotopic (exact) mass is 502 g/mol. The van der Waals surface area contributed by atoms with Crippen molar-refractivity contribution in [3.8, 4) is 0 Å². The smallest absolute Gasteiger partial charge is 0.250 e. The van der Waals surface area contributed by atoms with Gasteiger partial charge in [0.05, 0.1) is 0 Å². The largest absolute Gasteiger partial charge is 0.356 e. The van der Waals surface area contributed by atoms with Gasteiger partial charge in [-0.3, -0.25) is 9.79 Å². The van der Waals surface area contributed by atoms with Crippen LogP contribution in [0.3, 0.4) is 0 Å². The summed E-state index contributed by atoms with van der Waals surface area (Å²) in [4.78, 5) is 18.3. The van der Waals surface area contributed by atoms with Crippen molar-refractivity contribution in [3.05, 3.63) is 69.1 Å². The first kappa shape index (κ1) is 23.5. The number of nitrogens with one attached hydrogen (secondary N) is 1. The number of aryl methyl sites for hydroxylation is 1. The van der Waals surface area contributed by atoms with Crippen LogP contribution < -0.4 is 10.9 Å². The van der Waals surface area contributed by atoms with Crippen LogP contribution >= 0.6 is 35.6 Å². The Balaban J connectivity index is 0.00000364. The van der Waals surface area contributed by atoms with Crippen LogP contribution in [0.5, 0.6) is 0 Å². The molecule has 1 aromatic carbocycles. The quantitative estimate of drug-likeness (QED) is 0.270. The zero-order valence-electron chi connectivity index (χ0n) is 16.1. The molecule has 1 aromatic heterocycles. The van der Waals surface area contributed by atoms with Gasteiger partial charge in [0.15, 0.2) is 5.96 Å². The maximum Gasteiger partial charge on any atom is 0.250 e. The van der Waals surface area contributed by atoms with E-state index in [2.05, 4.69) is 21.3 Å². The summed E-state index contributed by atoms with van der Waals surface area (Å²) in [6, 6.07) is 13.2. The van der Waals surface area contributed by atoms with Crippen LogP contribution in [0.15, 0.2) is 52.3 Å². The lowest BCUT2D eigenvalue weighted by Crippen LogP contribution is -2.39. The second-order valence-electron chi connectivity index (χ2n) is 6.32. The summed E-state index contributed by atoms with van der Waals surface area (Å²) in [6.07, 6.45) is 1.90. The Bertz CT molecular complexity index is 807. The van der Waals surface area contributed by atoms with Gasteiger partial charge in [-0.15, -0.1) is 24.0 Å². The van der Waals surface area contributed by atoms with Crippen LogP contribution in [-0.2, 0) is 13.1 Å². The van der Waals surface area contributed by atoms with Gasteiger partial charge in [0.2, 0.25) is 0 Å². The Morgan fingerprint density at radius 3 is 2.63 bits per heavy atom. The minimum atomic E-state index is 0. The van der Waals surface area contributed by atoms with Crippen LogP contribution in [0.2, 0.25) is 5.02 Å². The molecule has 148 valence electrons. The summed E-state index contributed by atoms with van der Waals surface area (Å²) >= 11 is 6.04. The van der Waals surface area contributed by atoms with Crippen molar-refractivity contribution in [2.24, 2.45) is 4.99 Å². The molecule has 1 heterocycles. The normalized spacial score (nSPS) is 11.0. The summed E-state index contributed by atoms with van der Waals surface area (Å²) < 4.78 is 1.82. The van der Waals surface area contributed by atoms with Crippen molar-refractivity contribution in [3.63, 3.8) is 0 Å². The van der Waals surface area contributed by atoms with E-state index in [1.807, 2.05) is 42.8 Å². The highest BCUT2D eigenvalue weighted by Crippen LogP contribution is 2.12. The molecule has 0 unspecified atom stereocenters. The van der Waals surface area contributed by atoms with Gasteiger partial charge in [-0.25, -0.2) is 0 Å². The molecule has 0 aliphatic rings. The predicted octanol–water partition coefficient (Wildman–Crippen LogP) is 3.92. The summed E-state index contributed by atoms with van der Waals surface area (Å²) in [5.74, 6) is 0.845. The molecule has 0 spiro atoms. The highest BCUT2D eigenvalue weighted by atomic mass is 127. The highest BCUT2D eigenvalue weighted by molar-refractivity contribution is 14.0. The topological polar surface area (TPSA) is 49.6 Å². The first-order valence-corrected chi connectivity index (χ1v) is 9.21. The molecule has 7 heteroatoms. The summed E-state index contributed by atoms with van der Waals surface area (Å²) in [5, 5.41) is 4.12. The Labute approximate surface area is 183 Å². The van der Waals surface area contributed by atoms with Gasteiger partial charge >= 0.3 is 0 Å². The number of hydrogen-bond acceptors (Lipinski definition) is 2. The first-order valence-electron chi connectivity index (χ1n) is 8.84. The van der Waals surface area contributed by atoms with E-state index in [4.69, 9.17) is 11.6 Å². The lowest BCUT2D eigenvalue weighted by atomic mass is 10.2. The fourth-order valence-electron chi connectivity index (χ4n) is 2.87. The molecule has 0 saturated heterocycles. The van der Waals surface area contributed by atoms with E-state index < -0.39 is 0 Å². The Kier molecular flexibility index (Phi) is 10.5. The van der Waals surface area contributed by atoms with Crippen molar-refractivity contribution in [2.75, 3.05) is 20.6 Å². The molecule has 2 aromatic rings. The summed E-state index contributed by atoms with van der Waals surface area (Å²) in [5.41, 5.74) is 2.21. The second kappa shape index (κ2) is 12.0. The highest BCUT2D eigenvalue weighted by Gasteiger charge is 2.06. The van der Waals surface area contributed by atoms with Crippen molar-refractivity contribution in [1.29, 1.82) is 0 Å². The van der Waals surface area contributed by atoms with Gasteiger partial charge in [0, 0.05) is 50.5 Å². The van der Waals surface area contributed by atoms with Gasteiger partial charge in [-0.05, 0) is 43.5 Å². The van der Waals surface area contributed by atoms with E-state index in [1.54, 1.807) is 19.2 Å². The van der Waals surface area contributed by atoms with Gasteiger partial charge in [0.25, 0.3) is 5.56 Å². The van der Waals surface area contributed by atoms with Crippen LogP contribution in [-0.4, -0.2) is 36.1 Å². The minimum absolute atomic E-state index is 0. The van der Waals surface area contributed by atoms with E-state index in [9.17, 15) is 4.79 Å². The zero-order valence-corrected chi connectivity index (χ0v) is 19.2. The molecule has 5 nitrogen and oxygen atoms in total. The summed E-state index contributed by atoms with van der Waals surface area (Å²) in [7, 11) is 3.78. The van der Waals surface area contributed by atoms with Crippen molar-refractivity contribution >= 4 is 41.5 Å². The van der Waals surface area contributed by atoms with Crippen LogP contribution in [0.25, 0.3) is 0 Å². The van der Waals surface area contributed by atoms with E-state index in [1.165, 1.54) is 0 Å². The Morgan fingerprint density at radius 2 is 1.96 bits per heavy atom. The average Bonchev–Trinajstić information content (AvgIpc) is 2.60. The van der Waals surface area contributed by atoms with E-state index >= 15 is 0 Å². The standard InChI is InChI=1S/C20H27ClN4O.HI/c1-16-8-6-11-19(26)25(16)13-5-4-12-23-20(22-2)24(3)15-17-9-7-10-18(21)14-17;/h6-11,14H,4-5,12-13,15H2,1-3H3,(H,22,23);1H. The van der Waals surface area contributed by atoms with Gasteiger partial charge < -0.3 is 14.8 Å². The maximum atomic E-state index is 11.9. The number of aromatic nitrogens is 1. The van der Waals surface area contributed by atoms with Gasteiger partial charge in [-0.2, -0.15) is 0 Å². The molecule has 0 atom stereocenters. The van der Waals surface area contributed by atoms with Crippen molar-refractivity contribution in [2.45, 2.75) is 32.9 Å². The second-order valence-corrected chi connectivity index (χ2v) is 6.76. The summed E-state index contributed by atoms with van der Waals surface area (Å²) in [6.45, 7) is 4.25. The third kappa shape index (κ3) is 7.54. The zero-order chi connectivity index (χ0) is 18.9. The van der Waals surface area contributed by atoms with Crippen molar-refractivity contribution < 1.29 is 0 Å². The molecule has 1 N–H and O–H groups in total. The number of aliphatic imine (C=N–C) groups is 1. The fraction of sp³-hybridized carbons (Fsp3) is 0.400. The van der Waals surface area contributed by atoms with Crippen molar-refractivity contribution in [1.82, 2.24) is 14.8 Å². The molecule has 0 bridgehead atoms. The number of hydrogen-bond donors (Lipinski definition) is 1. The van der Waals surface area contributed by atoms with Crippen LogP contribution in [0.1, 0.15) is 24.1 Å². The fourth-order valence-corrected chi connectivity index (χ4v) is 3.09. The molecular formula is C20H28ClIN4O. The third-order valence-electron chi connectivity index (χ3n) is 4.24. The van der Waals surface area contributed by atoms with Crippen LogP contribution in [0.4, 0.5) is 0 Å². The van der Waals surface area contributed by atoms with E-state index in [0.29, 0.717) is 0 Å². The number of benzene rings is 1. The average molecular weight is 503 g/mol. The van der Waals surface area contributed by atoms with Gasteiger partial charge in [-0.1, -0.05) is 29.8 Å².